The molecule has 0 aliphatic carbocycles. The van der Waals surface area contributed by atoms with Gasteiger partial charge in [0, 0.05) is 10.7 Å². The fourth-order valence-electron chi connectivity index (χ4n) is 0.960. The molecule has 0 spiro atoms. The molecule has 0 aromatic heterocycles. The first-order chi connectivity index (χ1) is 7.24. The van der Waals surface area contributed by atoms with Crippen molar-refractivity contribution in [2.45, 2.75) is 4.90 Å². The van der Waals surface area contributed by atoms with E-state index >= 15 is 0 Å². The highest BCUT2D eigenvalue weighted by Crippen LogP contribution is 2.32. The molecule has 1 aromatic rings. The minimum atomic E-state index is -4.01. The summed E-state index contributed by atoms with van der Waals surface area (Å²) in [6.45, 7) is 0. The van der Waals surface area contributed by atoms with E-state index in [-0.39, 0.29) is 20.1 Å². The van der Waals surface area contributed by atoms with Gasteiger partial charge in [-0.05, 0) is 28.1 Å². The fraction of sp³-hybridized carbons (Fsp3) is 0. The third-order valence-electron chi connectivity index (χ3n) is 1.54. The minimum Gasteiger partial charge on any atom is -0.398 e. The van der Waals surface area contributed by atoms with Gasteiger partial charge < -0.3 is 17.2 Å². The molecule has 16 heavy (non-hydrogen) atoms. The molecule has 0 unspecified atom stereocenters. The van der Waals surface area contributed by atoms with Crippen LogP contribution in [-0.2, 0) is 10.0 Å². The standard InChI is InChI=1S/C7H8BrClN4O2S/c8-6-4(10)1-3(9)2-5(6)16(14,15)13-7(11)12/h1-2H,10H2,(H4,11,12,13). The van der Waals surface area contributed by atoms with Crippen LogP contribution in [0.3, 0.4) is 0 Å². The second-order valence-corrected chi connectivity index (χ2v) is 5.60. The first-order valence-corrected chi connectivity index (χ1v) is 6.45. The van der Waals surface area contributed by atoms with E-state index in [1.807, 2.05) is 0 Å². The Bertz CT molecular complexity index is 554. The smallest absolute Gasteiger partial charge is 0.286 e. The molecule has 0 amide bonds. The maximum Gasteiger partial charge on any atom is 0.286 e. The Morgan fingerprint density at radius 2 is 1.94 bits per heavy atom. The van der Waals surface area contributed by atoms with E-state index in [1.165, 1.54) is 12.1 Å². The van der Waals surface area contributed by atoms with E-state index in [0.29, 0.717) is 0 Å². The summed E-state index contributed by atoms with van der Waals surface area (Å²) >= 11 is 8.71. The van der Waals surface area contributed by atoms with Gasteiger partial charge in [0.1, 0.15) is 4.90 Å². The predicted octanol–water partition coefficient (Wildman–Crippen LogP) is 0.647. The van der Waals surface area contributed by atoms with Gasteiger partial charge in [-0.1, -0.05) is 11.6 Å². The molecule has 0 saturated heterocycles. The molecule has 0 saturated carbocycles. The number of rotatable bonds is 2. The van der Waals surface area contributed by atoms with Crippen molar-refractivity contribution >= 4 is 49.2 Å². The van der Waals surface area contributed by atoms with E-state index in [2.05, 4.69) is 20.3 Å². The number of halogens is 2. The van der Waals surface area contributed by atoms with Crippen molar-refractivity contribution in [1.82, 2.24) is 0 Å². The van der Waals surface area contributed by atoms with E-state index in [0.717, 1.165) is 0 Å². The van der Waals surface area contributed by atoms with E-state index in [4.69, 9.17) is 28.8 Å². The molecule has 0 radical (unpaired) electrons. The lowest BCUT2D eigenvalue weighted by Gasteiger charge is -2.06. The highest BCUT2D eigenvalue weighted by molar-refractivity contribution is 9.10. The Morgan fingerprint density at radius 3 is 2.44 bits per heavy atom. The summed E-state index contributed by atoms with van der Waals surface area (Å²) < 4.78 is 26.6. The van der Waals surface area contributed by atoms with Crippen molar-refractivity contribution in [2.75, 3.05) is 5.73 Å². The van der Waals surface area contributed by atoms with Gasteiger partial charge in [0.05, 0.1) is 4.47 Å². The van der Waals surface area contributed by atoms with Gasteiger partial charge in [0.2, 0.25) is 5.96 Å². The van der Waals surface area contributed by atoms with E-state index in [9.17, 15) is 8.42 Å². The van der Waals surface area contributed by atoms with Crippen LogP contribution in [0.15, 0.2) is 25.9 Å². The number of guanidine groups is 1. The monoisotopic (exact) mass is 326 g/mol. The van der Waals surface area contributed by atoms with Gasteiger partial charge in [-0.25, -0.2) is 0 Å². The SMILES string of the molecule is NC(N)=NS(=O)(=O)c1cc(Cl)cc(N)c1Br. The molecule has 0 atom stereocenters. The minimum absolute atomic E-state index is 0.168. The summed E-state index contributed by atoms with van der Waals surface area (Å²) in [5.74, 6) is -0.564. The summed E-state index contributed by atoms with van der Waals surface area (Å²) in [5.41, 5.74) is 15.7. The molecule has 0 aliphatic rings. The van der Waals surface area contributed by atoms with Crippen LogP contribution in [0.1, 0.15) is 0 Å². The van der Waals surface area contributed by atoms with Gasteiger partial charge in [-0.2, -0.15) is 8.42 Å². The summed E-state index contributed by atoms with van der Waals surface area (Å²) in [5, 5.41) is 0.171. The van der Waals surface area contributed by atoms with Crippen molar-refractivity contribution in [1.29, 1.82) is 0 Å². The van der Waals surface area contributed by atoms with Crippen molar-refractivity contribution in [2.24, 2.45) is 15.9 Å². The third kappa shape index (κ3) is 2.77. The van der Waals surface area contributed by atoms with Crippen LogP contribution in [-0.4, -0.2) is 14.4 Å². The van der Waals surface area contributed by atoms with Crippen LogP contribution in [0.2, 0.25) is 5.02 Å². The fourth-order valence-corrected chi connectivity index (χ4v) is 3.09. The number of anilines is 1. The molecule has 0 aliphatic heterocycles. The highest BCUT2D eigenvalue weighted by Gasteiger charge is 2.19. The molecule has 1 rings (SSSR count). The molecule has 0 bridgehead atoms. The average Bonchev–Trinajstić information content (AvgIpc) is 2.08. The van der Waals surface area contributed by atoms with Crippen LogP contribution in [0, 0.1) is 0 Å². The zero-order chi connectivity index (χ0) is 12.5. The number of hydrogen-bond donors (Lipinski definition) is 3. The van der Waals surface area contributed by atoms with Gasteiger partial charge in [-0.15, -0.1) is 4.40 Å². The van der Waals surface area contributed by atoms with Crippen LogP contribution in [0.4, 0.5) is 5.69 Å². The predicted molar refractivity (Wildman–Crippen MR) is 66.6 cm³/mol. The molecular formula is C7H8BrClN4O2S. The van der Waals surface area contributed by atoms with Gasteiger partial charge in [-0.3, -0.25) is 0 Å². The zero-order valence-corrected chi connectivity index (χ0v) is 11.0. The lowest BCUT2D eigenvalue weighted by Crippen LogP contribution is -2.24. The normalized spacial score (nSPS) is 11.1. The van der Waals surface area contributed by atoms with Gasteiger partial charge >= 0.3 is 0 Å². The molecule has 0 fully saturated rings. The number of hydrogen-bond acceptors (Lipinski definition) is 3. The van der Waals surface area contributed by atoms with Crippen LogP contribution < -0.4 is 17.2 Å². The molecule has 88 valence electrons. The Kier molecular flexibility index (Phi) is 3.66. The topological polar surface area (TPSA) is 125 Å². The van der Waals surface area contributed by atoms with E-state index in [1.54, 1.807) is 0 Å². The summed E-state index contributed by atoms with van der Waals surface area (Å²) in [6, 6.07) is 2.60. The lowest BCUT2D eigenvalue weighted by molar-refractivity contribution is 0.597. The maximum atomic E-state index is 11.7. The second-order valence-electron chi connectivity index (χ2n) is 2.80. The second kappa shape index (κ2) is 4.48. The Hall–Kier alpha value is -0.990. The first-order valence-electron chi connectivity index (χ1n) is 3.84. The van der Waals surface area contributed by atoms with Crippen molar-refractivity contribution in [3.63, 3.8) is 0 Å². The van der Waals surface area contributed by atoms with Crippen molar-refractivity contribution < 1.29 is 8.42 Å². The maximum absolute atomic E-state index is 11.7. The summed E-state index contributed by atoms with van der Waals surface area (Å²) in [6.07, 6.45) is 0. The average molecular weight is 328 g/mol. The molecule has 0 heterocycles. The number of nitrogens with zero attached hydrogens (tertiary/aromatic N) is 1. The van der Waals surface area contributed by atoms with Crippen LogP contribution in [0.25, 0.3) is 0 Å². The molecule has 6 N–H and O–H groups in total. The number of nitrogens with two attached hydrogens (primary N) is 3. The quantitative estimate of drug-likeness (QED) is 0.418. The molecular weight excluding hydrogens is 320 g/mol. The summed E-state index contributed by atoms with van der Waals surface area (Å²) in [4.78, 5) is -0.189. The van der Waals surface area contributed by atoms with Gasteiger partial charge in [0.15, 0.2) is 0 Å². The van der Waals surface area contributed by atoms with Crippen molar-refractivity contribution in [3.05, 3.63) is 21.6 Å². The Balaban J connectivity index is 3.51. The van der Waals surface area contributed by atoms with Gasteiger partial charge in [0.25, 0.3) is 10.0 Å². The first kappa shape index (κ1) is 13.1. The lowest BCUT2D eigenvalue weighted by atomic mass is 10.3. The highest BCUT2D eigenvalue weighted by atomic mass is 79.9. The Morgan fingerprint density at radius 1 is 1.38 bits per heavy atom. The number of benzene rings is 1. The molecule has 9 heteroatoms. The number of nitrogen functional groups attached to an aromatic ring is 1. The largest absolute Gasteiger partial charge is 0.398 e. The molecule has 1 aromatic carbocycles. The van der Waals surface area contributed by atoms with Crippen LogP contribution >= 0.6 is 27.5 Å². The molecule has 6 nitrogen and oxygen atoms in total. The zero-order valence-electron chi connectivity index (χ0n) is 7.81. The van der Waals surface area contributed by atoms with Crippen molar-refractivity contribution in [3.8, 4) is 0 Å². The number of sulfonamides is 1. The van der Waals surface area contributed by atoms with Crippen LogP contribution in [0.5, 0.6) is 0 Å². The summed E-state index contributed by atoms with van der Waals surface area (Å²) in [7, 11) is -4.01. The van der Waals surface area contributed by atoms with E-state index < -0.39 is 16.0 Å². The Labute approximate surface area is 106 Å². The third-order valence-corrected chi connectivity index (χ3v) is 4.23.